The molecule has 0 N–H and O–H groups in total. The van der Waals surface area contributed by atoms with Crippen molar-refractivity contribution in [1.29, 1.82) is 0 Å². The molecule has 2 aromatic rings. The number of hydrogen-bond donors (Lipinski definition) is 0. The van der Waals surface area contributed by atoms with Gasteiger partial charge in [0.2, 0.25) is 5.88 Å². The van der Waals surface area contributed by atoms with Gasteiger partial charge in [0.25, 0.3) is 5.24 Å². The molecule has 0 saturated carbocycles. The summed E-state index contributed by atoms with van der Waals surface area (Å²) in [6, 6.07) is 8.24. The average Bonchev–Trinajstić information content (AvgIpc) is 2.80. The molecule has 0 saturated heterocycles. The number of halogens is 1. The number of nitrogens with zero attached hydrogens (tertiary/aromatic N) is 2. The lowest BCUT2D eigenvalue weighted by Crippen LogP contribution is -2.12. The van der Waals surface area contributed by atoms with Crippen LogP contribution in [-0.4, -0.2) is 27.8 Å². The highest BCUT2D eigenvalue weighted by Crippen LogP contribution is 2.23. The number of hydrogen-bond acceptors (Lipinski definition) is 5. The van der Waals surface area contributed by atoms with Crippen molar-refractivity contribution >= 4 is 23.0 Å². The van der Waals surface area contributed by atoms with Gasteiger partial charge >= 0.3 is 6.16 Å². The third-order valence-corrected chi connectivity index (χ3v) is 2.91. The normalized spacial score (nSPS) is 10.2. The molecule has 0 fully saturated rings. The lowest BCUT2D eigenvalue weighted by Gasteiger charge is -2.02. The fourth-order valence-corrected chi connectivity index (χ4v) is 1.82. The quantitative estimate of drug-likeness (QED) is 0.641. The van der Waals surface area contributed by atoms with Crippen LogP contribution < -0.4 is 4.74 Å². The number of carbonyl (C=O) groups is 2. The Morgan fingerprint density at radius 2 is 1.95 bits per heavy atom. The Balaban J connectivity index is 2.21. The lowest BCUT2D eigenvalue weighted by atomic mass is 10.1. The van der Waals surface area contributed by atoms with Crippen LogP contribution in [0.4, 0.5) is 4.79 Å². The molecule has 1 aromatic heterocycles. The fourth-order valence-electron chi connectivity index (χ4n) is 1.69. The molecule has 0 aliphatic carbocycles. The molecule has 0 aliphatic rings. The molecule has 0 unspecified atom stereocenters. The van der Waals surface area contributed by atoms with E-state index in [1.165, 1.54) is 4.68 Å². The fraction of sp³-hybridized carbons (Fsp3) is 0.214. The Morgan fingerprint density at radius 3 is 2.52 bits per heavy atom. The summed E-state index contributed by atoms with van der Waals surface area (Å²) in [6.07, 6.45) is -0.782. The SMILES string of the molecule is CCOC(=O)Oc1cc(-c2ccc(C(=O)Cl)cc2)nn1C. The van der Waals surface area contributed by atoms with Gasteiger partial charge in [-0.05, 0) is 30.7 Å². The summed E-state index contributed by atoms with van der Waals surface area (Å²) in [5.41, 5.74) is 1.77. The van der Waals surface area contributed by atoms with Crippen molar-refractivity contribution in [2.24, 2.45) is 7.05 Å². The second kappa shape index (κ2) is 6.41. The van der Waals surface area contributed by atoms with E-state index in [2.05, 4.69) is 5.10 Å². The largest absolute Gasteiger partial charge is 0.515 e. The van der Waals surface area contributed by atoms with Gasteiger partial charge in [-0.3, -0.25) is 4.79 Å². The molecule has 0 amide bonds. The van der Waals surface area contributed by atoms with Crippen molar-refractivity contribution in [3.63, 3.8) is 0 Å². The summed E-state index contributed by atoms with van der Waals surface area (Å²) in [4.78, 5) is 22.3. The van der Waals surface area contributed by atoms with E-state index >= 15 is 0 Å². The molecule has 0 aliphatic heterocycles. The Labute approximate surface area is 126 Å². The maximum atomic E-state index is 11.3. The minimum Gasteiger partial charge on any atom is -0.434 e. The van der Waals surface area contributed by atoms with Gasteiger partial charge in [0.1, 0.15) is 0 Å². The highest BCUT2D eigenvalue weighted by atomic mass is 35.5. The van der Waals surface area contributed by atoms with E-state index in [4.69, 9.17) is 21.1 Å². The summed E-state index contributed by atoms with van der Waals surface area (Å²) >= 11 is 5.39. The summed E-state index contributed by atoms with van der Waals surface area (Å²) < 4.78 is 11.1. The summed E-state index contributed by atoms with van der Waals surface area (Å²) in [6.45, 7) is 1.92. The lowest BCUT2D eigenvalue weighted by molar-refractivity contribution is 0.101. The van der Waals surface area contributed by atoms with Crippen LogP contribution in [0.1, 0.15) is 17.3 Å². The van der Waals surface area contributed by atoms with E-state index in [0.29, 0.717) is 11.3 Å². The molecule has 0 atom stereocenters. The van der Waals surface area contributed by atoms with E-state index in [-0.39, 0.29) is 12.5 Å². The highest BCUT2D eigenvalue weighted by Gasteiger charge is 2.13. The smallest absolute Gasteiger partial charge is 0.434 e. The minimum absolute atomic E-state index is 0.234. The Kier molecular flexibility index (Phi) is 4.59. The molecule has 6 nitrogen and oxygen atoms in total. The monoisotopic (exact) mass is 308 g/mol. The van der Waals surface area contributed by atoms with Gasteiger partial charge in [0, 0.05) is 24.2 Å². The molecule has 2 rings (SSSR count). The number of aromatic nitrogens is 2. The zero-order valence-electron chi connectivity index (χ0n) is 11.5. The van der Waals surface area contributed by atoms with Crippen LogP contribution in [0, 0.1) is 0 Å². The van der Waals surface area contributed by atoms with Gasteiger partial charge < -0.3 is 9.47 Å². The van der Waals surface area contributed by atoms with E-state index in [0.717, 1.165) is 5.56 Å². The minimum atomic E-state index is -0.782. The topological polar surface area (TPSA) is 70.4 Å². The van der Waals surface area contributed by atoms with Gasteiger partial charge in [0.05, 0.1) is 12.3 Å². The Bertz CT molecular complexity index is 664. The second-order valence-corrected chi connectivity index (χ2v) is 4.47. The zero-order chi connectivity index (χ0) is 15.4. The zero-order valence-corrected chi connectivity index (χ0v) is 12.3. The molecule has 0 radical (unpaired) electrons. The highest BCUT2D eigenvalue weighted by molar-refractivity contribution is 6.67. The van der Waals surface area contributed by atoms with E-state index in [9.17, 15) is 9.59 Å². The molecule has 0 bridgehead atoms. The molecule has 1 aromatic carbocycles. The van der Waals surface area contributed by atoms with Gasteiger partial charge in [-0.25, -0.2) is 9.48 Å². The van der Waals surface area contributed by atoms with Crippen molar-refractivity contribution in [3.05, 3.63) is 35.9 Å². The summed E-state index contributed by atoms with van der Waals surface area (Å²) in [7, 11) is 1.65. The predicted octanol–water partition coefficient (Wildman–Crippen LogP) is 3.00. The van der Waals surface area contributed by atoms with Crippen LogP contribution >= 0.6 is 11.6 Å². The third-order valence-electron chi connectivity index (χ3n) is 2.69. The number of aryl methyl sites for hydroxylation is 1. The van der Waals surface area contributed by atoms with Crippen LogP contribution in [0.2, 0.25) is 0 Å². The van der Waals surface area contributed by atoms with Crippen molar-refractivity contribution in [2.75, 3.05) is 6.61 Å². The Morgan fingerprint density at radius 1 is 1.29 bits per heavy atom. The molecule has 1 heterocycles. The molecule has 7 heteroatoms. The molecular weight excluding hydrogens is 296 g/mol. The summed E-state index contributed by atoms with van der Waals surface area (Å²) in [5.74, 6) is 0.265. The van der Waals surface area contributed by atoms with Gasteiger partial charge in [-0.15, -0.1) is 0 Å². The Hall–Kier alpha value is -2.34. The van der Waals surface area contributed by atoms with Crippen LogP contribution in [0.25, 0.3) is 11.3 Å². The van der Waals surface area contributed by atoms with Crippen molar-refractivity contribution in [3.8, 4) is 17.1 Å². The van der Waals surface area contributed by atoms with Gasteiger partial charge in [0.15, 0.2) is 0 Å². The number of carbonyl (C=O) groups excluding carboxylic acids is 2. The maximum Gasteiger partial charge on any atom is 0.515 e. The first-order chi connectivity index (χ1) is 10.0. The van der Waals surface area contributed by atoms with Gasteiger partial charge in [-0.1, -0.05) is 12.1 Å². The van der Waals surface area contributed by atoms with Crippen molar-refractivity contribution < 1.29 is 19.1 Å². The second-order valence-electron chi connectivity index (χ2n) is 4.13. The predicted molar refractivity (Wildman–Crippen MR) is 76.5 cm³/mol. The van der Waals surface area contributed by atoms with Crippen molar-refractivity contribution in [1.82, 2.24) is 9.78 Å². The van der Waals surface area contributed by atoms with E-state index in [1.807, 2.05) is 0 Å². The van der Waals surface area contributed by atoms with Crippen LogP contribution in [-0.2, 0) is 11.8 Å². The standard InChI is InChI=1S/C14H13ClN2O4/c1-3-20-14(19)21-12-8-11(16-17(12)2)9-4-6-10(7-5-9)13(15)18/h4-8H,3H2,1-2H3. The first-order valence-electron chi connectivity index (χ1n) is 6.20. The van der Waals surface area contributed by atoms with Crippen LogP contribution in [0.15, 0.2) is 30.3 Å². The first-order valence-corrected chi connectivity index (χ1v) is 6.58. The van der Waals surface area contributed by atoms with Crippen LogP contribution in [0.5, 0.6) is 5.88 Å². The number of benzene rings is 1. The summed E-state index contributed by atoms with van der Waals surface area (Å²) in [5, 5.41) is 3.72. The first kappa shape index (κ1) is 15.1. The van der Waals surface area contributed by atoms with Crippen LogP contribution in [0.3, 0.4) is 0 Å². The molecule has 0 spiro atoms. The molecule has 21 heavy (non-hydrogen) atoms. The average molecular weight is 309 g/mol. The number of ether oxygens (including phenoxy) is 2. The third kappa shape index (κ3) is 3.61. The van der Waals surface area contributed by atoms with E-state index < -0.39 is 11.4 Å². The van der Waals surface area contributed by atoms with Gasteiger partial charge in [-0.2, -0.15) is 5.10 Å². The molecular formula is C14H13ClN2O4. The maximum absolute atomic E-state index is 11.3. The van der Waals surface area contributed by atoms with Crippen molar-refractivity contribution in [2.45, 2.75) is 6.92 Å². The van der Waals surface area contributed by atoms with E-state index in [1.54, 1.807) is 44.3 Å². The number of rotatable bonds is 4. The molecule has 110 valence electrons.